The van der Waals surface area contributed by atoms with Crippen molar-refractivity contribution in [2.45, 2.75) is 51.1 Å². The molecule has 116 valence electrons. The summed E-state index contributed by atoms with van der Waals surface area (Å²) >= 11 is 0. The fraction of sp³-hybridized carbons (Fsp3) is 0.647. The van der Waals surface area contributed by atoms with Gasteiger partial charge < -0.3 is 20.7 Å². The van der Waals surface area contributed by atoms with Crippen molar-refractivity contribution in [3.63, 3.8) is 0 Å². The Hall–Kier alpha value is -1.42. The van der Waals surface area contributed by atoms with E-state index in [0.717, 1.165) is 29.6 Å². The second-order valence-electron chi connectivity index (χ2n) is 6.30. The summed E-state index contributed by atoms with van der Waals surface area (Å²) in [6, 6.07) is 7.42. The fourth-order valence-electron chi connectivity index (χ4n) is 3.55. The van der Waals surface area contributed by atoms with Gasteiger partial charge in [0.05, 0.1) is 12.3 Å². The molecule has 4 heteroatoms. The number of ether oxygens (including phenoxy) is 1. The van der Waals surface area contributed by atoms with Crippen LogP contribution in [0.2, 0.25) is 0 Å². The Morgan fingerprint density at radius 1 is 1.33 bits per heavy atom. The van der Waals surface area contributed by atoms with E-state index in [2.05, 4.69) is 23.2 Å². The van der Waals surface area contributed by atoms with Gasteiger partial charge in [-0.3, -0.25) is 0 Å². The van der Waals surface area contributed by atoms with Crippen LogP contribution in [0.5, 0.6) is 5.75 Å². The van der Waals surface area contributed by atoms with E-state index in [1.165, 1.54) is 38.8 Å². The van der Waals surface area contributed by atoms with E-state index in [1.54, 1.807) is 0 Å². The fourth-order valence-corrected chi connectivity index (χ4v) is 3.55. The van der Waals surface area contributed by atoms with Gasteiger partial charge in [-0.1, -0.05) is 6.92 Å². The predicted octanol–water partition coefficient (Wildman–Crippen LogP) is 3.10. The zero-order valence-corrected chi connectivity index (χ0v) is 13.0. The van der Waals surface area contributed by atoms with Crippen molar-refractivity contribution in [2.75, 3.05) is 30.7 Å². The summed E-state index contributed by atoms with van der Waals surface area (Å²) < 4.78 is 5.71. The van der Waals surface area contributed by atoms with E-state index in [9.17, 15) is 0 Å². The normalized spacial score (nSPS) is 25.6. The van der Waals surface area contributed by atoms with Crippen molar-refractivity contribution in [1.29, 1.82) is 0 Å². The molecule has 0 spiro atoms. The van der Waals surface area contributed by atoms with Crippen LogP contribution in [0.4, 0.5) is 11.4 Å². The van der Waals surface area contributed by atoms with Crippen molar-refractivity contribution in [3.8, 4) is 5.75 Å². The number of hydrogen-bond donors (Lipinski definition) is 2. The lowest BCUT2D eigenvalue weighted by Crippen LogP contribution is -2.42. The highest BCUT2D eigenvalue weighted by molar-refractivity contribution is 5.61. The van der Waals surface area contributed by atoms with Crippen molar-refractivity contribution in [1.82, 2.24) is 4.90 Å². The molecule has 0 saturated carbocycles. The molecule has 2 fully saturated rings. The standard InChI is InChI=1S/C17H27N3O/c1-2-10-21-17-12-13(5-6-16(17)18)19-14-7-9-20-8-3-4-15(20)11-14/h5-6,12,14-15,19H,2-4,7-11,18H2,1H3. The number of rotatable bonds is 5. The van der Waals surface area contributed by atoms with Crippen LogP contribution in [0.1, 0.15) is 39.0 Å². The molecule has 2 atom stereocenters. The first-order valence-electron chi connectivity index (χ1n) is 8.29. The van der Waals surface area contributed by atoms with Gasteiger partial charge in [0, 0.05) is 30.4 Å². The molecule has 21 heavy (non-hydrogen) atoms. The molecule has 0 amide bonds. The van der Waals surface area contributed by atoms with Crippen LogP contribution < -0.4 is 15.8 Å². The lowest BCUT2D eigenvalue weighted by molar-refractivity contribution is 0.188. The Labute approximate surface area is 127 Å². The van der Waals surface area contributed by atoms with E-state index in [4.69, 9.17) is 10.5 Å². The molecule has 0 bridgehead atoms. The number of nitrogen functional groups attached to an aromatic ring is 1. The van der Waals surface area contributed by atoms with Crippen molar-refractivity contribution >= 4 is 11.4 Å². The molecule has 2 unspecified atom stereocenters. The van der Waals surface area contributed by atoms with Gasteiger partial charge in [-0.25, -0.2) is 0 Å². The Kier molecular flexibility index (Phi) is 4.54. The van der Waals surface area contributed by atoms with Gasteiger partial charge in [-0.05, 0) is 50.8 Å². The number of anilines is 2. The molecule has 0 aliphatic carbocycles. The number of piperidine rings is 1. The average Bonchev–Trinajstić information content (AvgIpc) is 2.95. The lowest BCUT2D eigenvalue weighted by Gasteiger charge is -2.35. The molecule has 1 aromatic rings. The maximum Gasteiger partial charge on any atom is 0.144 e. The van der Waals surface area contributed by atoms with Crippen LogP contribution in [0.25, 0.3) is 0 Å². The summed E-state index contributed by atoms with van der Waals surface area (Å²) in [5.74, 6) is 0.806. The molecule has 2 aliphatic rings. The first-order valence-corrected chi connectivity index (χ1v) is 8.29. The highest BCUT2D eigenvalue weighted by Crippen LogP contribution is 2.30. The van der Waals surface area contributed by atoms with Gasteiger partial charge >= 0.3 is 0 Å². The van der Waals surface area contributed by atoms with E-state index in [-0.39, 0.29) is 0 Å². The van der Waals surface area contributed by atoms with E-state index in [0.29, 0.717) is 12.6 Å². The summed E-state index contributed by atoms with van der Waals surface area (Å²) in [7, 11) is 0. The van der Waals surface area contributed by atoms with Gasteiger partial charge in [-0.2, -0.15) is 0 Å². The van der Waals surface area contributed by atoms with Crippen molar-refractivity contribution in [2.24, 2.45) is 0 Å². The summed E-state index contributed by atoms with van der Waals surface area (Å²) in [6.07, 6.45) is 6.22. The molecule has 2 saturated heterocycles. The maximum absolute atomic E-state index is 5.97. The number of nitrogens with two attached hydrogens (primary N) is 1. The summed E-state index contributed by atoms with van der Waals surface area (Å²) in [5, 5.41) is 3.68. The van der Waals surface area contributed by atoms with Crippen LogP contribution in [0.15, 0.2) is 18.2 Å². The zero-order chi connectivity index (χ0) is 14.7. The van der Waals surface area contributed by atoms with Crippen LogP contribution in [0, 0.1) is 0 Å². The molecule has 0 radical (unpaired) electrons. The lowest BCUT2D eigenvalue weighted by atomic mass is 9.97. The van der Waals surface area contributed by atoms with Crippen molar-refractivity contribution < 1.29 is 4.74 Å². The van der Waals surface area contributed by atoms with E-state index < -0.39 is 0 Å². The Bertz CT molecular complexity index is 477. The zero-order valence-electron chi connectivity index (χ0n) is 13.0. The quantitative estimate of drug-likeness (QED) is 0.818. The highest BCUT2D eigenvalue weighted by Gasteiger charge is 2.31. The first kappa shape index (κ1) is 14.5. The Balaban J connectivity index is 1.61. The van der Waals surface area contributed by atoms with Gasteiger partial charge in [0.1, 0.15) is 5.75 Å². The second kappa shape index (κ2) is 6.56. The van der Waals surface area contributed by atoms with Gasteiger partial charge in [0.2, 0.25) is 0 Å². The summed E-state index contributed by atoms with van der Waals surface area (Å²) in [4.78, 5) is 2.65. The molecule has 1 aromatic carbocycles. The second-order valence-corrected chi connectivity index (χ2v) is 6.30. The maximum atomic E-state index is 5.97. The number of nitrogens with zero attached hydrogens (tertiary/aromatic N) is 1. The molecule has 3 rings (SSSR count). The van der Waals surface area contributed by atoms with Gasteiger partial charge in [0.15, 0.2) is 0 Å². The topological polar surface area (TPSA) is 50.5 Å². The largest absolute Gasteiger partial charge is 0.491 e. The number of benzene rings is 1. The minimum Gasteiger partial charge on any atom is -0.491 e. The smallest absolute Gasteiger partial charge is 0.144 e. The van der Waals surface area contributed by atoms with Crippen LogP contribution >= 0.6 is 0 Å². The predicted molar refractivity (Wildman–Crippen MR) is 87.9 cm³/mol. The number of hydrogen-bond acceptors (Lipinski definition) is 4. The van der Waals surface area contributed by atoms with Gasteiger partial charge in [-0.15, -0.1) is 0 Å². The summed E-state index contributed by atoms with van der Waals surface area (Å²) in [5.41, 5.74) is 7.83. The van der Waals surface area contributed by atoms with Crippen LogP contribution in [-0.4, -0.2) is 36.7 Å². The molecule has 2 heterocycles. The highest BCUT2D eigenvalue weighted by atomic mass is 16.5. The molecule has 4 nitrogen and oxygen atoms in total. The van der Waals surface area contributed by atoms with Gasteiger partial charge in [0.25, 0.3) is 0 Å². The van der Waals surface area contributed by atoms with Crippen LogP contribution in [0.3, 0.4) is 0 Å². The monoisotopic (exact) mass is 289 g/mol. The SMILES string of the molecule is CCCOc1cc(NC2CCN3CCCC3C2)ccc1N. The van der Waals surface area contributed by atoms with Crippen LogP contribution in [-0.2, 0) is 0 Å². The number of nitrogens with one attached hydrogen (secondary N) is 1. The van der Waals surface area contributed by atoms with E-state index in [1.807, 2.05) is 12.1 Å². The minimum absolute atomic E-state index is 0.576. The Morgan fingerprint density at radius 2 is 2.24 bits per heavy atom. The number of fused-ring (bicyclic) bond motifs is 1. The summed E-state index contributed by atoms with van der Waals surface area (Å²) in [6.45, 7) is 5.35. The average molecular weight is 289 g/mol. The Morgan fingerprint density at radius 3 is 3.10 bits per heavy atom. The molecule has 3 N–H and O–H groups in total. The van der Waals surface area contributed by atoms with E-state index >= 15 is 0 Å². The minimum atomic E-state index is 0.576. The third-order valence-corrected chi connectivity index (χ3v) is 4.67. The molecule has 2 aliphatic heterocycles. The first-order chi connectivity index (χ1) is 10.3. The molecular weight excluding hydrogens is 262 g/mol. The van der Waals surface area contributed by atoms with Crippen molar-refractivity contribution in [3.05, 3.63) is 18.2 Å². The molecular formula is C17H27N3O. The molecule has 0 aromatic heterocycles. The third kappa shape index (κ3) is 3.43. The third-order valence-electron chi connectivity index (χ3n) is 4.67.